The largest absolute Gasteiger partial charge is 0.478 e. The smallest absolute Gasteiger partial charge is 0.335 e. The van der Waals surface area contributed by atoms with Crippen molar-refractivity contribution in [1.82, 2.24) is 14.7 Å². The number of benzene rings is 1. The van der Waals surface area contributed by atoms with Gasteiger partial charge in [0.15, 0.2) is 0 Å². The van der Waals surface area contributed by atoms with Crippen molar-refractivity contribution < 1.29 is 23.4 Å². The molecular weight excluding hydrogens is 368 g/mol. The molecule has 2 aliphatic rings. The van der Waals surface area contributed by atoms with Crippen molar-refractivity contribution in [2.75, 3.05) is 40.4 Å². The first-order valence-electron chi connectivity index (χ1n) is 9.14. The molecule has 1 N–H and O–H groups in total. The molecule has 1 fully saturated rings. The predicted molar refractivity (Wildman–Crippen MR) is 100 cm³/mol. The second-order valence-electron chi connectivity index (χ2n) is 7.25. The summed E-state index contributed by atoms with van der Waals surface area (Å²) >= 11 is 0. The van der Waals surface area contributed by atoms with Crippen molar-refractivity contribution in [2.24, 2.45) is 0 Å². The molecule has 0 aliphatic carbocycles. The number of hydrogen-bond donors (Lipinski definition) is 1. The average Bonchev–Trinajstić information content (AvgIpc) is 2.61. The molecule has 1 aromatic rings. The maximum absolute atomic E-state index is 13.7. The fourth-order valence-electron chi connectivity index (χ4n) is 3.79. The zero-order chi connectivity index (χ0) is 20.4. The van der Waals surface area contributed by atoms with Crippen LogP contribution >= 0.6 is 0 Å². The highest BCUT2D eigenvalue weighted by molar-refractivity contribution is 5.90. The SMILES string of the molecule is CC1=C(C(=O)O)C(N(C)C)N(Cc2cc(F)cc(F)c2)C(N2CCOCC2)=C1. The lowest BCUT2D eigenvalue weighted by atomic mass is 9.99. The second-order valence-corrected chi connectivity index (χ2v) is 7.25. The topological polar surface area (TPSA) is 56.2 Å². The second kappa shape index (κ2) is 8.28. The summed E-state index contributed by atoms with van der Waals surface area (Å²) in [5, 5.41) is 9.80. The van der Waals surface area contributed by atoms with Crippen LogP contribution in [0.5, 0.6) is 0 Å². The molecule has 0 bridgehead atoms. The van der Waals surface area contributed by atoms with Gasteiger partial charge in [-0.2, -0.15) is 0 Å². The molecule has 28 heavy (non-hydrogen) atoms. The molecule has 1 atom stereocenters. The first kappa shape index (κ1) is 20.3. The van der Waals surface area contributed by atoms with Crippen LogP contribution in [0.2, 0.25) is 0 Å². The predicted octanol–water partition coefficient (Wildman–Crippen LogP) is 2.24. The van der Waals surface area contributed by atoms with E-state index in [4.69, 9.17) is 4.74 Å². The number of carbonyl (C=O) groups is 1. The highest BCUT2D eigenvalue weighted by atomic mass is 19.1. The molecule has 2 aliphatic heterocycles. The Morgan fingerprint density at radius 1 is 1.21 bits per heavy atom. The summed E-state index contributed by atoms with van der Waals surface area (Å²) in [5.74, 6) is -1.50. The Balaban J connectivity index is 2.06. The summed E-state index contributed by atoms with van der Waals surface area (Å²) in [5.41, 5.74) is 1.35. The minimum Gasteiger partial charge on any atom is -0.478 e. The Morgan fingerprint density at radius 3 is 2.36 bits per heavy atom. The van der Waals surface area contributed by atoms with Crippen LogP contribution < -0.4 is 0 Å². The van der Waals surface area contributed by atoms with Crippen LogP contribution in [0.1, 0.15) is 12.5 Å². The van der Waals surface area contributed by atoms with Crippen LogP contribution in [0.15, 0.2) is 41.2 Å². The van der Waals surface area contributed by atoms with E-state index in [2.05, 4.69) is 4.90 Å². The third-order valence-corrected chi connectivity index (χ3v) is 4.95. The van der Waals surface area contributed by atoms with E-state index in [1.165, 1.54) is 12.1 Å². The lowest BCUT2D eigenvalue weighted by Crippen LogP contribution is -2.53. The zero-order valence-corrected chi connectivity index (χ0v) is 16.3. The van der Waals surface area contributed by atoms with E-state index in [1.807, 2.05) is 11.0 Å². The quantitative estimate of drug-likeness (QED) is 0.828. The molecule has 0 radical (unpaired) electrons. The number of halogens is 2. The Morgan fingerprint density at radius 2 is 1.82 bits per heavy atom. The number of allylic oxidation sites excluding steroid dienone is 2. The van der Waals surface area contributed by atoms with Crippen LogP contribution in [-0.4, -0.2) is 72.3 Å². The highest BCUT2D eigenvalue weighted by Crippen LogP contribution is 2.32. The van der Waals surface area contributed by atoms with Crippen LogP contribution in [0.3, 0.4) is 0 Å². The third-order valence-electron chi connectivity index (χ3n) is 4.95. The summed E-state index contributed by atoms with van der Waals surface area (Å²) in [6.07, 6.45) is 1.26. The maximum atomic E-state index is 13.7. The lowest BCUT2D eigenvalue weighted by Gasteiger charge is -2.46. The molecule has 1 unspecified atom stereocenters. The van der Waals surface area contributed by atoms with Gasteiger partial charge in [-0.25, -0.2) is 13.6 Å². The lowest BCUT2D eigenvalue weighted by molar-refractivity contribution is -0.134. The fourth-order valence-corrected chi connectivity index (χ4v) is 3.79. The number of carboxylic acids is 1. The van der Waals surface area contributed by atoms with Gasteiger partial charge >= 0.3 is 5.97 Å². The van der Waals surface area contributed by atoms with E-state index < -0.39 is 23.8 Å². The molecule has 6 nitrogen and oxygen atoms in total. The molecule has 0 saturated carbocycles. The van der Waals surface area contributed by atoms with Gasteiger partial charge < -0.3 is 19.6 Å². The minimum atomic E-state index is -1.01. The first-order chi connectivity index (χ1) is 13.3. The maximum Gasteiger partial charge on any atom is 0.335 e. The molecule has 152 valence electrons. The van der Waals surface area contributed by atoms with E-state index in [-0.39, 0.29) is 12.1 Å². The summed E-state index contributed by atoms with van der Waals surface area (Å²) in [6, 6.07) is 3.38. The molecule has 2 heterocycles. The Labute approximate surface area is 163 Å². The fraction of sp³-hybridized carbons (Fsp3) is 0.450. The van der Waals surface area contributed by atoms with Crippen molar-refractivity contribution in [3.05, 3.63) is 58.4 Å². The van der Waals surface area contributed by atoms with Crippen molar-refractivity contribution in [2.45, 2.75) is 19.6 Å². The normalized spacial score (nSPS) is 20.6. The molecule has 1 aromatic carbocycles. The van der Waals surface area contributed by atoms with E-state index in [0.717, 1.165) is 11.9 Å². The van der Waals surface area contributed by atoms with Gasteiger partial charge in [0.2, 0.25) is 0 Å². The number of likely N-dealkylation sites (N-methyl/N-ethyl adjacent to an activating group) is 1. The van der Waals surface area contributed by atoms with Crippen LogP contribution in [0.25, 0.3) is 0 Å². The first-order valence-corrected chi connectivity index (χ1v) is 9.14. The van der Waals surface area contributed by atoms with Gasteiger partial charge in [-0.1, -0.05) is 0 Å². The number of hydrogen-bond acceptors (Lipinski definition) is 5. The van der Waals surface area contributed by atoms with Crippen LogP contribution in [0, 0.1) is 11.6 Å². The molecule has 1 saturated heterocycles. The number of rotatable bonds is 5. The van der Waals surface area contributed by atoms with Crippen LogP contribution in [0.4, 0.5) is 8.78 Å². The number of carboxylic acid groups (broad SMARTS) is 1. The average molecular weight is 393 g/mol. The molecule has 8 heteroatoms. The Hall–Kier alpha value is -2.45. The van der Waals surface area contributed by atoms with Gasteiger partial charge in [0, 0.05) is 25.7 Å². The van der Waals surface area contributed by atoms with Gasteiger partial charge in [-0.05, 0) is 50.4 Å². The number of aliphatic carboxylic acids is 1. The van der Waals surface area contributed by atoms with E-state index in [9.17, 15) is 18.7 Å². The Bertz CT molecular complexity index is 797. The monoisotopic (exact) mass is 393 g/mol. The minimum absolute atomic E-state index is 0.171. The molecule has 0 aromatic heterocycles. The van der Waals surface area contributed by atoms with Gasteiger partial charge in [-0.15, -0.1) is 0 Å². The van der Waals surface area contributed by atoms with Crippen LogP contribution in [-0.2, 0) is 16.1 Å². The number of nitrogens with zero attached hydrogens (tertiary/aromatic N) is 3. The van der Waals surface area contributed by atoms with Crippen molar-refractivity contribution in [3.63, 3.8) is 0 Å². The van der Waals surface area contributed by atoms with Crippen molar-refractivity contribution in [3.8, 4) is 0 Å². The van der Waals surface area contributed by atoms with Crippen molar-refractivity contribution in [1.29, 1.82) is 0 Å². The zero-order valence-electron chi connectivity index (χ0n) is 16.3. The van der Waals surface area contributed by atoms with Gasteiger partial charge in [-0.3, -0.25) is 4.90 Å². The van der Waals surface area contributed by atoms with Gasteiger partial charge in [0.1, 0.15) is 23.6 Å². The standard InChI is InChI=1S/C20H25F2N3O3/c1-13-8-17(24-4-6-28-7-5-24)25(19(23(2)3)18(13)20(26)27)12-14-9-15(21)11-16(22)10-14/h8-11,19H,4-7,12H2,1-3H3,(H,26,27). The number of morpholine rings is 1. The summed E-state index contributed by atoms with van der Waals surface area (Å²) in [6.45, 7) is 4.41. The molecule has 0 amide bonds. The van der Waals surface area contributed by atoms with Gasteiger partial charge in [0.05, 0.1) is 18.8 Å². The summed E-state index contributed by atoms with van der Waals surface area (Å²) < 4.78 is 32.9. The molecule has 0 spiro atoms. The summed E-state index contributed by atoms with van der Waals surface area (Å²) in [4.78, 5) is 17.8. The third kappa shape index (κ3) is 4.18. The van der Waals surface area contributed by atoms with Gasteiger partial charge in [0.25, 0.3) is 0 Å². The number of ether oxygens (including phenoxy) is 1. The van der Waals surface area contributed by atoms with E-state index in [0.29, 0.717) is 37.4 Å². The van der Waals surface area contributed by atoms with Crippen molar-refractivity contribution >= 4 is 5.97 Å². The van der Waals surface area contributed by atoms with E-state index in [1.54, 1.807) is 25.9 Å². The van der Waals surface area contributed by atoms with E-state index >= 15 is 0 Å². The Kier molecular flexibility index (Phi) is 6.00. The molecular formula is C20H25F2N3O3. The molecule has 3 rings (SSSR count). The highest BCUT2D eigenvalue weighted by Gasteiger charge is 2.37. The summed E-state index contributed by atoms with van der Waals surface area (Å²) in [7, 11) is 3.59.